The van der Waals surface area contributed by atoms with Crippen LogP contribution in [0.15, 0.2) is 30.3 Å². The molecule has 2 N–H and O–H groups in total. The third-order valence-corrected chi connectivity index (χ3v) is 5.61. The van der Waals surface area contributed by atoms with Crippen LogP contribution in [0.2, 0.25) is 0 Å². The highest BCUT2D eigenvalue weighted by molar-refractivity contribution is 5.80. The number of halogens is 3. The van der Waals surface area contributed by atoms with Crippen LogP contribution >= 0.6 is 0 Å². The number of piperidine rings is 1. The summed E-state index contributed by atoms with van der Waals surface area (Å²) in [7, 11) is 2.09. The monoisotopic (exact) mass is 433 g/mol. The molecule has 0 amide bonds. The van der Waals surface area contributed by atoms with Gasteiger partial charge < -0.3 is 19.9 Å². The van der Waals surface area contributed by atoms with Crippen LogP contribution in [-0.2, 0) is 6.18 Å². The fraction of sp³-hybridized carbons (Fsp3) is 0.455. The molecule has 3 aromatic rings. The topological polar surface area (TPSA) is 66.2 Å². The maximum atomic E-state index is 13.0. The number of phenols is 1. The van der Waals surface area contributed by atoms with E-state index in [1.807, 2.05) is 30.5 Å². The zero-order chi connectivity index (χ0) is 22.3. The lowest BCUT2D eigenvalue weighted by molar-refractivity contribution is -0.137. The van der Waals surface area contributed by atoms with Crippen LogP contribution in [0, 0.1) is 0 Å². The van der Waals surface area contributed by atoms with E-state index in [4.69, 9.17) is 0 Å². The van der Waals surface area contributed by atoms with E-state index in [1.54, 1.807) is 0 Å². The molecule has 0 unspecified atom stereocenters. The van der Waals surface area contributed by atoms with Gasteiger partial charge in [0, 0.05) is 18.6 Å². The molecular weight excluding hydrogens is 407 g/mol. The minimum absolute atomic E-state index is 0.0331. The van der Waals surface area contributed by atoms with Crippen molar-refractivity contribution >= 4 is 17.0 Å². The summed E-state index contributed by atoms with van der Waals surface area (Å²) in [4.78, 5) is 11.5. The molecule has 6 nitrogen and oxygen atoms in total. The van der Waals surface area contributed by atoms with Crippen LogP contribution in [-0.4, -0.2) is 50.7 Å². The molecule has 1 fully saturated rings. The number of aromatic nitrogens is 3. The summed E-state index contributed by atoms with van der Waals surface area (Å²) in [6, 6.07) is 7.03. The molecule has 166 valence electrons. The van der Waals surface area contributed by atoms with Gasteiger partial charge in [0.15, 0.2) is 5.65 Å². The van der Waals surface area contributed by atoms with Gasteiger partial charge in [0.05, 0.1) is 16.6 Å². The average molecular weight is 433 g/mol. The number of pyridine rings is 1. The van der Waals surface area contributed by atoms with E-state index in [0.29, 0.717) is 23.3 Å². The molecule has 4 rings (SSSR count). The van der Waals surface area contributed by atoms with Gasteiger partial charge in [-0.3, -0.25) is 0 Å². The van der Waals surface area contributed by atoms with Crippen LogP contribution in [0.3, 0.4) is 0 Å². The highest BCUT2D eigenvalue weighted by Gasteiger charge is 2.31. The number of hydrogen-bond donors (Lipinski definition) is 2. The fourth-order valence-electron chi connectivity index (χ4n) is 4.16. The van der Waals surface area contributed by atoms with Crippen molar-refractivity contribution in [3.05, 3.63) is 35.9 Å². The molecule has 9 heteroatoms. The second-order valence-corrected chi connectivity index (χ2v) is 8.41. The zero-order valence-corrected chi connectivity index (χ0v) is 17.7. The summed E-state index contributed by atoms with van der Waals surface area (Å²) in [5, 5.41) is 13.8. The minimum Gasteiger partial charge on any atom is -0.507 e. The Hall–Kier alpha value is -2.81. The first-order valence-corrected chi connectivity index (χ1v) is 10.4. The predicted molar refractivity (Wildman–Crippen MR) is 114 cm³/mol. The summed E-state index contributed by atoms with van der Waals surface area (Å²) >= 11 is 0. The molecule has 1 saturated heterocycles. The zero-order valence-electron chi connectivity index (χ0n) is 17.7. The van der Waals surface area contributed by atoms with Gasteiger partial charge in [-0.25, -0.2) is 9.97 Å². The number of benzene rings is 1. The van der Waals surface area contributed by atoms with Crippen molar-refractivity contribution < 1.29 is 18.3 Å². The van der Waals surface area contributed by atoms with Gasteiger partial charge in [-0.05, 0) is 70.6 Å². The lowest BCUT2D eigenvalue weighted by Crippen LogP contribution is -2.39. The maximum absolute atomic E-state index is 13.0. The maximum Gasteiger partial charge on any atom is 0.416 e. The summed E-state index contributed by atoms with van der Waals surface area (Å²) in [5.41, 5.74) is 0.582. The Morgan fingerprint density at radius 3 is 2.58 bits per heavy atom. The van der Waals surface area contributed by atoms with Crippen molar-refractivity contribution in [2.24, 2.45) is 0 Å². The largest absolute Gasteiger partial charge is 0.507 e. The molecular formula is C22H26F3N5O. The van der Waals surface area contributed by atoms with Crippen LogP contribution in [0.4, 0.5) is 19.0 Å². The van der Waals surface area contributed by atoms with Crippen molar-refractivity contribution in [3.63, 3.8) is 0 Å². The predicted octanol–water partition coefficient (Wildman–Crippen LogP) is 4.91. The Balaban J connectivity index is 1.73. The lowest BCUT2D eigenvalue weighted by atomic mass is 10.1. The third-order valence-electron chi connectivity index (χ3n) is 5.61. The van der Waals surface area contributed by atoms with Gasteiger partial charge in [-0.2, -0.15) is 13.2 Å². The summed E-state index contributed by atoms with van der Waals surface area (Å²) in [5.74, 6) is 0.637. The number of phenolic OH excluding ortho intramolecular Hbond substituents is 1. The van der Waals surface area contributed by atoms with Crippen molar-refractivity contribution in [1.29, 1.82) is 0 Å². The number of imidazole rings is 1. The number of nitrogens with zero attached hydrogens (tertiary/aromatic N) is 4. The Morgan fingerprint density at radius 1 is 1.16 bits per heavy atom. The van der Waals surface area contributed by atoms with E-state index >= 15 is 0 Å². The van der Waals surface area contributed by atoms with Crippen molar-refractivity contribution in [2.75, 3.05) is 25.5 Å². The molecule has 0 saturated carbocycles. The van der Waals surface area contributed by atoms with Gasteiger partial charge >= 0.3 is 6.18 Å². The second-order valence-electron chi connectivity index (χ2n) is 8.41. The van der Waals surface area contributed by atoms with Gasteiger partial charge in [-0.1, -0.05) is 0 Å². The van der Waals surface area contributed by atoms with E-state index in [0.717, 1.165) is 43.6 Å². The molecule has 2 aromatic heterocycles. The molecule has 0 aliphatic carbocycles. The third kappa shape index (κ3) is 4.32. The average Bonchev–Trinajstić information content (AvgIpc) is 3.06. The van der Waals surface area contributed by atoms with Gasteiger partial charge in [0.25, 0.3) is 0 Å². The molecule has 0 radical (unpaired) electrons. The van der Waals surface area contributed by atoms with Crippen molar-refractivity contribution in [1.82, 2.24) is 19.4 Å². The highest BCUT2D eigenvalue weighted by atomic mass is 19.4. The van der Waals surface area contributed by atoms with E-state index in [9.17, 15) is 18.3 Å². The molecule has 1 aliphatic heterocycles. The number of likely N-dealkylation sites (tertiary alicyclic amines) is 1. The van der Waals surface area contributed by atoms with Crippen LogP contribution in [0.1, 0.15) is 38.3 Å². The summed E-state index contributed by atoms with van der Waals surface area (Å²) in [6.45, 7) is 5.93. The summed E-state index contributed by atoms with van der Waals surface area (Å²) < 4.78 is 40.8. The van der Waals surface area contributed by atoms with Gasteiger partial charge in [0.2, 0.25) is 0 Å². The first-order chi connectivity index (χ1) is 14.6. The number of aromatic hydroxyl groups is 1. The Labute approximate surface area is 178 Å². The first kappa shape index (κ1) is 21.4. The number of anilines is 1. The SMILES string of the molecule is CC(C)n1c(-c2ccc(C(F)(F)F)cc2O)nc2nc(N[C@@H]3CCCN(C)C3)ccc21. The van der Waals surface area contributed by atoms with Crippen molar-refractivity contribution in [2.45, 2.75) is 44.9 Å². The fourth-order valence-corrected chi connectivity index (χ4v) is 4.16. The van der Waals surface area contributed by atoms with Crippen LogP contribution in [0.5, 0.6) is 5.75 Å². The molecule has 0 spiro atoms. The Bertz CT molecular complexity index is 1090. The first-order valence-electron chi connectivity index (χ1n) is 10.4. The van der Waals surface area contributed by atoms with Crippen molar-refractivity contribution in [3.8, 4) is 17.1 Å². The van der Waals surface area contributed by atoms with Gasteiger partial charge in [-0.15, -0.1) is 0 Å². The number of alkyl halides is 3. The second kappa shape index (κ2) is 8.03. The number of rotatable bonds is 4. The van der Waals surface area contributed by atoms with Crippen LogP contribution < -0.4 is 5.32 Å². The Morgan fingerprint density at radius 2 is 1.94 bits per heavy atom. The minimum atomic E-state index is -4.52. The molecule has 1 aromatic carbocycles. The smallest absolute Gasteiger partial charge is 0.416 e. The van der Waals surface area contributed by atoms with E-state index in [1.165, 1.54) is 6.07 Å². The summed E-state index contributed by atoms with van der Waals surface area (Å²) in [6.07, 6.45) is -2.34. The molecule has 31 heavy (non-hydrogen) atoms. The lowest BCUT2D eigenvalue weighted by Gasteiger charge is -2.30. The normalized spacial score (nSPS) is 18.1. The number of nitrogens with one attached hydrogen (secondary N) is 1. The molecule has 0 bridgehead atoms. The molecule has 3 heterocycles. The van der Waals surface area contributed by atoms with Crippen LogP contribution in [0.25, 0.3) is 22.6 Å². The number of likely N-dealkylation sites (N-methyl/N-ethyl adjacent to an activating group) is 1. The van der Waals surface area contributed by atoms with E-state index in [-0.39, 0.29) is 11.6 Å². The van der Waals surface area contributed by atoms with Gasteiger partial charge in [0.1, 0.15) is 17.4 Å². The molecule has 1 atom stereocenters. The van der Waals surface area contributed by atoms with E-state index < -0.39 is 17.5 Å². The standard InChI is InChI=1S/C22H26F3N5O/c1-13(2)30-17-8-9-19(26-15-5-4-10-29(3)12-15)27-20(17)28-21(30)16-7-6-14(11-18(16)31)22(23,24)25/h6-9,11,13,15,31H,4-5,10,12H2,1-3H3,(H,26,27)/t15-/m1/s1. The Kier molecular flexibility index (Phi) is 5.55. The number of fused-ring (bicyclic) bond motifs is 1. The highest BCUT2D eigenvalue weighted by Crippen LogP contribution is 2.38. The van der Waals surface area contributed by atoms with E-state index in [2.05, 4.69) is 27.2 Å². The molecule has 1 aliphatic rings. The quantitative estimate of drug-likeness (QED) is 0.612. The number of hydrogen-bond acceptors (Lipinski definition) is 5.